The van der Waals surface area contributed by atoms with Crippen LogP contribution in [0.2, 0.25) is 0 Å². The number of benzene rings is 1. The van der Waals surface area contributed by atoms with Gasteiger partial charge in [0.2, 0.25) is 10.1 Å². The highest BCUT2D eigenvalue weighted by atomic mass is 32.1. The van der Waals surface area contributed by atoms with E-state index < -0.39 is 0 Å². The highest BCUT2D eigenvalue weighted by molar-refractivity contribution is 7.20. The van der Waals surface area contributed by atoms with Crippen molar-refractivity contribution in [3.05, 3.63) is 46.4 Å². The second-order valence-corrected chi connectivity index (χ2v) is 5.98. The molecule has 4 rings (SSSR count). The third-order valence-electron chi connectivity index (χ3n) is 3.64. The second-order valence-electron chi connectivity index (χ2n) is 5.02. The lowest BCUT2D eigenvalue weighted by molar-refractivity contribution is 0.903. The fourth-order valence-electron chi connectivity index (χ4n) is 2.53. The maximum absolute atomic E-state index is 11.7. The fourth-order valence-corrected chi connectivity index (χ4v) is 3.33. The van der Waals surface area contributed by atoms with Crippen LogP contribution in [0.4, 0.5) is 16.5 Å². The van der Waals surface area contributed by atoms with Crippen molar-refractivity contribution in [2.75, 3.05) is 23.8 Å². The third kappa shape index (κ3) is 2.06. The van der Waals surface area contributed by atoms with Crippen molar-refractivity contribution in [3.63, 3.8) is 0 Å². The number of anilines is 3. The van der Waals surface area contributed by atoms with Crippen molar-refractivity contribution < 1.29 is 0 Å². The molecule has 106 valence electrons. The van der Waals surface area contributed by atoms with E-state index >= 15 is 0 Å². The van der Waals surface area contributed by atoms with Crippen molar-refractivity contribution in [1.82, 2.24) is 14.6 Å². The maximum Gasteiger partial charge on any atom is 0.275 e. The zero-order valence-corrected chi connectivity index (χ0v) is 12.2. The van der Waals surface area contributed by atoms with Gasteiger partial charge in [0.25, 0.3) is 5.56 Å². The highest BCUT2D eigenvalue weighted by Crippen LogP contribution is 2.31. The smallest absolute Gasteiger partial charge is 0.275 e. The van der Waals surface area contributed by atoms with Gasteiger partial charge in [-0.25, -0.2) is 4.98 Å². The lowest BCUT2D eigenvalue weighted by Crippen LogP contribution is -2.13. The van der Waals surface area contributed by atoms with Gasteiger partial charge in [0.05, 0.1) is 0 Å². The number of nitrogens with one attached hydrogen (secondary N) is 1. The van der Waals surface area contributed by atoms with Gasteiger partial charge >= 0.3 is 0 Å². The molecule has 0 fully saturated rings. The van der Waals surface area contributed by atoms with E-state index in [1.54, 1.807) is 0 Å². The van der Waals surface area contributed by atoms with Crippen LogP contribution in [0.1, 0.15) is 5.56 Å². The minimum atomic E-state index is -0.169. The van der Waals surface area contributed by atoms with Gasteiger partial charge in [-0.05, 0) is 24.1 Å². The molecule has 0 radical (unpaired) electrons. The molecule has 1 aliphatic heterocycles. The minimum absolute atomic E-state index is 0.169. The molecule has 1 aliphatic rings. The molecule has 0 amide bonds. The number of nitrogens with zero attached hydrogens (tertiary/aromatic N) is 4. The first kappa shape index (κ1) is 12.3. The zero-order valence-electron chi connectivity index (χ0n) is 11.4. The Morgan fingerprint density at radius 2 is 2.24 bits per heavy atom. The molecule has 0 atom stereocenters. The summed E-state index contributed by atoms with van der Waals surface area (Å²) in [6.45, 7) is 1.05. The van der Waals surface area contributed by atoms with Crippen LogP contribution in [0.25, 0.3) is 4.96 Å². The molecule has 3 heterocycles. The molecular formula is C14H13N5OS. The van der Waals surface area contributed by atoms with Crippen LogP contribution in [0, 0.1) is 0 Å². The molecule has 21 heavy (non-hydrogen) atoms. The summed E-state index contributed by atoms with van der Waals surface area (Å²) < 4.78 is 1.31. The van der Waals surface area contributed by atoms with Crippen LogP contribution in [-0.2, 0) is 6.42 Å². The average molecular weight is 299 g/mol. The van der Waals surface area contributed by atoms with Crippen LogP contribution in [0.15, 0.2) is 35.3 Å². The Labute approximate surface area is 124 Å². The summed E-state index contributed by atoms with van der Waals surface area (Å²) in [7, 11) is 2.09. The van der Waals surface area contributed by atoms with Crippen molar-refractivity contribution in [2.45, 2.75) is 6.42 Å². The SMILES string of the molecule is CN1CCc2ccc(Nc3nn4c(=O)ccnc4s3)cc21. The Morgan fingerprint density at radius 3 is 3.10 bits per heavy atom. The summed E-state index contributed by atoms with van der Waals surface area (Å²) in [5.74, 6) is 0. The molecule has 0 bridgehead atoms. The Balaban J connectivity index is 1.70. The van der Waals surface area contributed by atoms with Crippen LogP contribution < -0.4 is 15.8 Å². The summed E-state index contributed by atoms with van der Waals surface area (Å²) in [6, 6.07) is 7.70. The van der Waals surface area contributed by atoms with E-state index in [0.717, 1.165) is 18.7 Å². The predicted octanol–water partition coefficient (Wildman–Crippen LogP) is 1.89. The maximum atomic E-state index is 11.7. The standard InChI is InChI=1S/C14H13N5OS/c1-18-7-5-9-2-3-10(8-11(9)18)16-13-17-19-12(20)4-6-15-14(19)21-13/h2-4,6,8H,5,7H2,1H3,(H,16,17). The monoisotopic (exact) mass is 299 g/mol. The molecule has 3 aromatic rings. The molecule has 0 unspecified atom stereocenters. The summed E-state index contributed by atoms with van der Waals surface area (Å²) in [6.07, 6.45) is 2.59. The van der Waals surface area contributed by atoms with E-state index in [0.29, 0.717) is 10.1 Å². The number of fused-ring (bicyclic) bond motifs is 2. The molecule has 1 N–H and O–H groups in total. The quantitative estimate of drug-likeness (QED) is 0.783. The zero-order chi connectivity index (χ0) is 14.4. The van der Waals surface area contributed by atoms with Crippen molar-refractivity contribution in [2.24, 2.45) is 0 Å². The molecule has 0 saturated carbocycles. The first-order valence-corrected chi connectivity index (χ1v) is 7.48. The van der Waals surface area contributed by atoms with E-state index in [4.69, 9.17) is 0 Å². The Bertz CT molecular complexity index is 884. The summed E-state index contributed by atoms with van der Waals surface area (Å²) in [5, 5.41) is 8.17. The van der Waals surface area contributed by atoms with Gasteiger partial charge < -0.3 is 10.2 Å². The minimum Gasteiger partial charge on any atom is -0.374 e. The van der Waals surface area contributed by atoms with Gasteiger partial charge in [-0.3, -0.25) is 4.79 Å². The molecule has 2 aromatic heterocycles. The van der Waals surface area contributed by atoms with Crippen molar-refractivity contribution in [1.29, 1.82) is 0 Å². The third-order valence-corrected chi connectivity index (χ3v) is 4.47. The van der Waals surface area contributed by atoms with E-state index in [1.165, 1.54) is 39.4 Å². The van der Waals surface area contributed by atoms with Crippen LogP contribution in [-0.4, -0.2) is 28.2 Å². The van der Waals surface area contributed by atoms with E-state index in [2.05, 4.69) is 39.5 Å². The Morgan fingerprint density at radius 1 is 1.33 bits per heavy atom. The van der Waals surface area contributed by atoms with E-state index in [1.807, 2.05) is 6.07 Å². The predicted molar refractivity (Wildman–Crippen MR) is 83.8 cm³/mol. The average Bonchev–Trinajstić information content (AvgIpc) is 3.04. The van der Waals surface area contributed by atoms with E-state index in [-0.39, 0.29) is 5.56 Å². The molecule has 0 saturated heterocycles. The fraction of sp³-hybridized carbons (Fsp3) is 0.214. The van der Waals surface area contributed by atoms with Gasteiger partial charge in [0.15, 0.2) is 0 Å². The van der Waals surface area contributed by atoms with Crippen LogP contribution in [0.5, 0.6) is 0 Å². The van der Waals surface area contributed by atoms with Gasteiger partial charge in [0.1, 0.15) is 0 Å². The lowest BCUT2D eigenvalue weighted by atomic mass is 10.1. The molecule has 0 aliphatic carbocycles. The number of hydrogen-bond donors (Lipinski definition) is 1. The van der Waals surface area contributed by atoms with Gasteiger partial charge in [-0.15, -0.1) is 5.10 Å². The largest absolute Gasteiger partial charge is 0.374 e. The van der Waals surface area contributed by atoms with Gasteiger partial charge in [0, 0.05) is 37.2 Å². The number of rotatable bonds is 2. The first-order valence-electron chi connectivity index (χ1n) is 6.67. The summed E-state index contributed by atoms with van der Waals surface area (Å²) in [5.41, 5.74) is 3.41. The number of likely N-dealkylation sites (N-methyl/N-ethyl adjacent to an activating group) is 1. The Kier molecular flexibility index (Phi) is 2.68. The number of aromatic nitrogens is 3. The van der Waals surface area contributed by atoms with Crippen molar-refractivity contribution >= 4 is 32.8 Å². The highest BCUT2D eigenvalue weighted by Gasteiger charge is 2.16. The lowest BCUT2D eigenvalue weighted by Gasteiger charge is -2.13. The normalized spacial score (nSPS) is 13.7. The second kappa shape index (κ2) is 4.56. The van der Waals surface area contributed by atoms with Crippen molar-refractivity contribution in [3.8, 4) is 0 Å². The van der Waals surface area contributed by atoms with Gasteiger partial charge in [-0.2, -0.15) is 4.52 Å². The molecule has 7 heteroatoms. The van der Waals surface area contributed by atoms with E-state index in [9.17, 15) is 4.79 Å². The Hall–Kier alpha value is -2.41. The molecular weight excluding hydrogens is 286 g/mol. The molecule has 0 spiro atoms. The number of hydrogen-bond acceptors (Lipinski definition) is 6. The summed E-state index contributed by atoms with van der Waals surface area (Å²) >= 11 is 1.36. The molecule has 6 nitrogen and oxygen atoms in total. The first-order chi connectivity index (χ1) is 10.2. The van der Waals surface area contributed by atoms with Crippen LogP contribution in [0.3, 0.4) is 0 Å². The topological polar surface area (TPSA) is 62.5 Å². The molecule has 1 aromatic carbocycles. The summed E-state index contributed by atoms with van der Waals surface area (Å²) in [4.78, 5) is 18.6. The van der Waals surface area contributed by atoms with Crippen LogP contribution >= 0.6 is 11.3 Å². The van der Waals surface area contributed by atoms with Gasteiger partial charge in [-0.1, -0.05) is 17.4 Å².